The standard InChI is InChI=1S/C18H16N6O2/c1-12-19-9-10-23(12)15-7-8-16-21-18(22-24(16)11-15)20-14-5-3-13(4-6-14)17(25)26-2/h3-11H,1-2H3,(H,20,22). The first kappa shape index (κ1) is 15.8. The van der Waals surface area contributed by atoms with Crippen molar-refractivity contribution in [2.75, 3.05) is 12.4 Å². The second kappa shape index (κ2) is 6.32. The first-order chi connectivity index (χ1) is 12.6. The highest BCUT2D eigenvalue weighted by molar-refractivity contribution is 5.89. The summed E-state index contributed by atoms with van der Waals surface area (Å²) in [5, 5.41) is 7.58. The normalized spacial score (nSPS) is 10.8. The Morgan fingerprint density at radius 2 is 1.96 bits per heavy atom. The third-order valence-electron chi connectivity index (χ3n) is 3.98. The van der Waals surface area contributed by atoms with Crippen molar-refractivity contribution in [3.8, 4) is 5.69 Å². The predicted molar refractivity (Wildman–Crippen MR) is 95.9 cm³/mol. The van der Waals surface area contributed by atoms with Gasteiger partial charge in [0, 0.05) is 18.1 Å². The number of carbonyl (C=O) groups excluding carboxylic acids is 1. The van der Waals surface area contributed by atoms with Gasteiger partial charge in [-0.25, -0.2) is 14.3 Å². The third kappa shape index (κ3) is 2.88. The lowest BCUT2D eigenvalue weighted by molar-refractivity contribution is 0.0601. The molecule has 4 aromatic rings. The molecule has 0 radical (unpaired) electrons. The fourth-order valence-electron chi connectivity index (χ4n) is 2.66. The van der Waals surface area contributed by atoms with Gasteiger partial charge in [-0.05, 0) is 43.3 Å². The zero-order valence-corrected chi connectivity index (χ0v) is 14.2. The molecule has 0 aliphatic heterocycles. The van der Waals surface area contributed by atoms with Crippen molar-refractivity contribution in [3.63, 3.8) is 0 Å². The summed E-state index contributed by atoms with van der Waals surface area (Å²) in [5.74, 6) is 0.994. The molecule has 3 aromatic heterocycles. The van der Waals surface area contributed by atoms with Gasteiger partial charge in [-0.15, -0.1) is 5.10 Å². The van der Waals surface area contributed by atoms with Gasteiger partial charge in [-0.1, -0.05) is 0 Å². The summed E-state index contributed by atoms with van der Waals surface area (Å²) in [5.41, 5.74) is 2.94. The van der Waals surface area contributed by atoms with E-state index in [0.717, 1.165) is 22.8 Å². The highest BCUT2D eigenvalue weighted by Gasteiger charge is 2.08. The smallest absolute Gasteiger partial charge is 0.337 e. The summed E-state index contributed by atoms with van der Waals surface area (Å²) in [6.45, 7) is 1.94. The molecule has 3 heterocycles. The number of ether oxygens (including phenoxy) is 1. The molecule has 8 nitrogen and oxygen atoms in total. The lowest BCUT2D eigenvalue weighted by atomic mass is 10.2. The molecule has 0 spiro atoms. The number of pyridine rings is 1. The molecule has 0 bridgehead atoms. The summed E-state index contributed by atoms with van der Waals surface area (Å²) in [7, 11) is 1.36. The van der Waals surface area contributed by atoms with Gasteiger partial charge in [0.2, 0.25) is 5.95 Å². The first-order valence-corrected chi connectivity index (χ1v) is 7.96. The summed E-state index contributed by atoms with van der Waals surface area (Å²) in [6, 6.07) is 10.8. The van der Waals surface area contributed by atoms with Crippen LogP contribution in [0, 0.1) is 6.92 Å². The minimum absolute atomic E-state index is 0.371. The van der Waals surface area contributed by atoms with Crippen LogP contribution in [-0.2, 0) is 4.74 Å². The molecule has 0 fully saturated rings. The van der Waals surface area contributed by atoms with E-state index in [-0.39, 0.29) is 5.97 Å². The van der Waals surface area contributed by atoms with Crippen molar-refractivity contribution >= 4 is 23.3 Å². The number of fused-ring (bicyclic) bond motifs is 1. The van der Waals surface area contributed by atoms with Gasteiger partial charge >= 0.3 is 5.97 Å². The first-order valence-electron chi connectivity index (χ1n) is 7.96. The molecular weight excluding hydrogens is 332 g/mol. The van der Waals surface area contributed by atoms with E-state index in [4.69, 9.17) is 4.74 Å². The average Bonchev–Trinajstić information content (AvgIpc) is 3.26. The van der Waals surface area contributed by atoms with Crippen LogP contribution in [0.15, 0.2) is 55.0 Å². The highest BCUT2D eigenvalue weighted by atomic mass is 16.5. The van der Waals surface area contributed by atoms with Crippen LogP contribution in [0.4, 0.5) is 11.6 Å². The van der Waals surface area contributed by atoms with Crippen LogP contribution >= 0.6 is 0 Å². The van der Waals surface area contributed by atoms with E-state index in [1.807, 2.05) is 36.0 Å². The SMILES string of the molecule is COC(=O)c1ccc(Nc2nc3ccc(-n4ccnc4C)cn3n2)cc1. The maximum absolute atomic E-state index is 11.5. The summed E-state index contributed by atoms with van der Waals surface area (Å²) >= 11 is 0. The number of rotatable bonds is 4. The number of benzene rings is 1. The summed E-state index contributed by atoms with van der Waals surface area (Å²) < 4.78 is 8.37. The average molecular weight is 348 g/mol. The van der Waals surface area contributed by atoms with Crippen molar-refractivity contribution in [2.24, 2.45) is 0 Å². The van der Waals surface area contributed by atoms with Gasteiger partial charge in [-0.2, -0.15) is 4.98 Å². The number of nitrogens with one attached hydrogen (secondary N) is 1. The van der Waals surface area contributed by atoms with Crippen LogP contribution in [0.5, 0.6) is 0 Å². The number of nitrogens with zero attached hydrogens (tertiary/aromatic N) is 5. The molecule has 0 saturated heterocycles. The molecule has 4 rings (SSSR count). The molecule has 0 saturated carbocycles. The van der Waals surface area contributed by atoms with E-state index in [1.54, 1.807) is 35.0 Å². The van der Waals surface area contributed by atoms with Crippen LogP contribution in [-0.4, -0.2) is 37.2 Å². The number of aromatic nitrogens is 5. The van der Waals surface area contributed by atoms with E-state index < -0.39 is 0 Å². The van der Waals surface area contributed by atoms with E-state index >= 15 is 0 Å². The lowest BCUT2D eigenvalue weighted by Crippen LogP contribution is -2.01. The lowest BCUT2D eigenvalue weighted by Gasteiger charge is -2.04. The Morgan fingerprint density at radius 1 is 1.15 bits per heavy atom. The van der Waals surface area contributed by atoms with Crippen LogP contribution in [0.3, 0.4) is 0 Å². The number of imidazole rings is 1. The Labute approximate surface area is 149 Å². The van der Waals surface area contributed by atoms with Gasteiger partial charge in [0.25, 0.3) is 0 Å². The van der Waals surface area contributed by atoms with E-state index in [1.165, 1.54) is 7.11 Å². The number of aryl methyl sites for hydroxylation is 1. The maximum atomic E-state index is 11.5. The molecule has 26 heavy (non-hydrogen) atoms. The van der Waals surface area contributed by atoms with Crippen molar-refractivity contribution in [2.45, 2.75) is 6.92 Å². The molecule has 130 valence electrons. The predicted octanol–water partition coefficient (Wildman–Crippen LogP) is 2.75. The molecule has 0 unspecified atom stereocenters. The van der Waals surface area contributed by atoms with Gasteiger partial charge < -0.3 is 14.6 Å². The minimum Gasteiger partial charge on any atom is -0.465 e. The van der Waals surface area contributed by atoms with Crippen LogP contribution < -0.4 is 5.32 Å². The van der Waals surface area contributed by atoms with E-state index in [2.05, 4.69) is 20.4 Å². The van der Waals surface area contributed by atoms with Gasteiger partial charge in [-0.3, -0.25) is 0 Å². The number of carbonyl (C=O) groups is 1. The van der Waals surface area contributed by atoms with Crippen molar-refractivity contribution in [3.05, 3.63) is 66.4 Å². The van der Waals surface area contributed by atoms with Crippen LogP contribution in [0.1, 0.15) is 16.2 Å². The van der Waals surface area contributed by atoms with Gasteiger partial charge in [0.05, 0.1) is 24.6 Å². The van der Waals surface area contributed by atoms with Crippen LogP contribution in [0.2, 0.25) is 0 Å². The molecule has 0 aliphatic carbocycles. The second-order valence-corrected chi connectivity index (χ2v) is 5.66. The fourth-order valence-corrected chi connectivity index (χ4v) is 2.66. The molecule has 8 heteroatoms. The largest absolute Gasteiger partial charge is 0.465 e. The van der Waals surface area contributed by atoms with Crippen molar-refractivity contribution in [1.82, 2.24) is 24.1 Å². The van der Waals surface area contributed by atoms with Gasteiger partial charge in [0.15, 0.2) is 5.65 Å². The Morgan fingerprint density at radius 3 is 2.65 bits per heavy atom. The Bertz CT molecular complexity index is 1080. The number of hydrogen-bond acceptors (Lipinski definition) is 6. The minimum atomic E-state index is -0.371. The molecule has 1 N–H and O–H groups in total. The van der Waals surface area contributed by atoms with Crippen molar-refractivity contribution < 1.29 is 9.53 Å². The maximum Gasteiger partial charge on any atom is 0.337 e. The topological polar surface area (TPSA) is 86.3 Å². The van der Waals surface area contributed by atoms with E-state index in [9.17, 15) is 4.79 Å². The Hall–Kier alpha value is -3.68. The monoisotopic (exact) mass is 348 g/mol. The quantitative estimate of drug-likeness (QED) is 0.571. The number of esters is 1. The fraction of sp³-hybridized carbons (Fsp3) is 0.111. The van der Waals surface area contributed by atoms with E-state index in [0.29, 0.717) is 11.5 Å². The van der Waals surface area contributed by atoms with Gasteiger partial charge in [0.1, 0.15) is 5.82 Å². The molecule has 0 aliphatic rings. The number of methoxy groups -OCH3 is 1. The zero-order chi connectivity index (χ0) is 18.1. The molecule has 0 atom stereocenters. The number of anilines is 2. The molecule has 0 amide bonds. The number of hydrogen-bond donors (Lipinski definition) is 1. The third-order valence-corrected chi connectivity index (χ3v) is 3.98. The Balaban J connectivity index is 1.59. The summed E-state index contributed by atoms with van der Waals surface area (Å²) in [4.78, 5) is 20.2. The highest BCUT2D eigenvalue weighted by Crippen LogP contribution is 2.17. The van der Waals surface area contributed by atoms with Crippen molar-refractivity contribution in [1.29, 1.82) is 0 Å². The summed E-state index contributed by atoms with van der Waals surface area (Å²) in [6.07, 6.45) is 5.55. The zero-order valence-electron chi connectivity index (χ0n) is 14.2. The Kier molecular flexibility index (Phi) is 3.85. The molecule has 1 aromatic carbocycles. The van der Waals surface area contributed by atoms with Crippen LogP contribution in [0.25, 0.3) is 11.3 Å². The molecular formula is C18H16N6O2. The second-order valence-electron chi connectivity index (χ2n) is 5.66.